The normalized spacial score (nSPS) is 16.7. The third kappa shape index (κ3) is 2.76. The van der Waals surface area contributed by atoms with Gasteiger partial charge >= 0.3 is 6.03 Å². The summed E-state index contributed by atoms with van der Waals surface area (Å²) in [5.41, 5.74) is 7.10. The van der Waals surface area contributed by atoms with Gasteiger partial charge in [-0.1, -0.05) is 30.3 Å². The van der Waals surface area contributed by atoms with Crippen LogP contribution in [0.5, 0.6) is 11.5 Å². The number of para-hydroxylation sites is 1. The molecule has 0 bridgehead atoms. The SMILES string of the molecule is NC(=O)N(O)[C@H]1CCCc2c(Oc3ccccc3)cccc21. The van der Waals surface area contributed by atoms with Crippen molar-refractivity contribution in [3.05, 3.63) is 59.7 Å². The second-order valence-electron chi connectivity index (χ2n) is 5.33. The third-order valence-corrected chi connectivity index (χ3v) is 3.92. The summed E-state index contributed by atoms with van der Waals surface area (Å²) < 4.78 is 5.95. The number of primary amides is 1. The molecule has 5 heteroatoms. The van der Waals surface area contributed by atoms with Crippen molar-refractivity contribution in [1.82, 2.24) is 5.06 Å². The zero-order valence-corrected chi connectivity index (χ0v) is 12.1. The molecule has 5 nitrogen and oxygen atoms in total. The predicted molar refractivity (Wildman–Crippen MR) is 81.8 cm³/mol. The summed E-state index contributed by atoms with van der Waals surface area (Å²) >= 11 is 0. The molecule has 0 spiro atoms. The summed E-state index contributed by atoms with van der Waals surface area (Å²) in [5.74, 6) is 1.51. The van der Waals surface area contributed by atoms with E-state index in [2.05, 4.69) is 0 Å². The van der Waals surface area contributed by atoms with Crippen LogP contribution in [-0.2, 0) is 6.42 Å². The van der Waals surface area contributed by atoms with Gasteiger partial charge in [0.2, 0.25) is 0 Å². The van der Waals surface area contributed by atoms with Crippen LogP contribution in [0.1, 0.15) is 30.0 Å². The smallest absolute Gasteiger partial charge is 0.339 e. The topological polar surface area (TPSA) is 75.8 Å². The molecule has 0 saturated heterocycles. The van der Waals surface area contributed by atoms with Gasteiger partial charge in [-0.25, -0.2) is 4.79 Å². The maximum Gasteiger partial charge on any atom is 0.339 e. The van der Waals surface area contributed by atoms with Gasteiger partial charge < -0.3 is 10.5 Å². The van der Waals surface area contributed by atoms with Crippen molar-refractivity contribution < 1.29 is 14.7 Å². The highest BCUT2D eigenvalue weighted by atomic mass is 16.5. The quantitative estimate of drug-likeness (QED) is 0.671. The molecule has 0 saturated carbocycles. The van der Waals surface area contributed by atoms with Crippen LogP contribution in [0.2, 0.25) is 0 Å². The monoisotopic (exact) mass is 298 g/mol. The number of benzene rings is 2. The van der Waals surface area contributed by atoms with E-state index in [-0.39, 0.29) is 0 Å². The average Bonchev–Trinajstić information content (AvgIpc) is 2.55. The van der Waals surface area contributed by atoms with Crippen LogP contribution in [0.3, 0.4) is 0 Å². The first-order chi connectivity index (χ1) is 10.7. The molecule has 0 aliphatic heterocycles. The first-order valence-electron chi connectivity index (χ1n) is 7.29. The van der Waals surface area contributed by atoms with Crippen molar-refractivity contribution in [2.24, 2.45) is 5.73 Å². The number of nitrogens with zero attached hydrogens (tertiary/aromatic N) is 1. The van der Waals surface area contributed by atoms with E-state index >= 15 is 0 Å². The molecule has 1 atom stereocenters. The van der Waals surface area contributed by atoms with Crippen LogP contribution in [0, 0.1) is 0 Å². The van der Waals surface area contributed by atoms with Crippen LogP contribution in [0.4, 0.5) is 4.79 Å². The fourth-order valence-electron chi connectivity index (χ4n) is 2.91. The Balaban J connectivity index is 1.95. The Hall–Kier alpha value is -2.53. The van der Waals surface area contributed by atoms with Crippen LogP contribution in [0.15, 0.2) is 48.5 Å². The van der Waals surface area contributed by atoms with Gasteiger partial charge in [0.15, 0.2) is 0 Å². The largest absolute Gasteiger partial charge is 0.457 e. The number of hydroxylamine groups is 2. The first-order valence-corrected chi connectivity index (χ1v) is 7.29. The molecule has 0 fully saturated rings. The number of carbonyl (C=O) groups is 1. The number of nitrogens with two attached hydrogens (primary N) is 1. The highest BCUT2D eigenvalue weighted by Crippen LogP contribution is 2.39. The molecule has 0 heterocycles. The van der Waals surface area contributed by atoms with Crippen molar-refractivity contribution in [1.29, 1.82) is 0 Å². The molecule has 22 heavy (non-hydrogen) atoms. The van der Waals surface area contributed by atoms with E-state index in [1.165, 1.54) is 0 Å². The van der Waals surface area contributed by atoms with E-state index in [1.54, 1.807) is 0 Å². The van der Waals surface area contributed by atoms with Gasteiger partial charge in [-0.15, -0.1) is 0 Å². The van der Waals surface area contributed by atoms with E-state index < -0.39 is 12.1 Å². The molecule has 114 valence electrons. The molecule has 2 aromatic carbocycles. The highest BCUT2D eigenvalue weighted by Gasteiger charge is 2.29. The predicted octanol–water partition coefficient (Wildman–Crippen LogP) is 3.63. The van der Waals surface area contributed by atoms with Gasteiger partial charge in [-0.3, -0.25) is 5.21 Å². The van der Waals surface area contributed by atoms with E-state index in [9.17, 15) is 10.0 Å². The van der Waals surface area contributed by atoms with Crippen LogP contribution >= 0.6 is 0 Å². The average molecular weight is 298 g/mol. The molecule has 3 N–H and O–H groups in total. The van der Waals surface area contributed by atoms with Gasteiger partial charge in [0, 0.05) is 5.56 Å². The lowest BCUT2D eigenvalue weighted by molar-refractivity contribution is -0.0809. The van der Waals surface area contributed by atoms with E-state index in [0.29, 0.717) is 11.5 Å². The lowest BCUT2D eigenvalue weighted by atomic mass is 9.87. The fourth-order valence-corrected chi connectivity index (χ4v) is 2.91. The Morgan fingerprint density at radius 2 is 1.95 bits per heavy atom. The van der Waals surface area contributed by atoms with Crippen LogP contribution in [0.25, 0.3) is 0 Å². The molecule has 0 unspecified atom stereocenters. The standard InChI is InChI=1S/C17H18N2O3/c18-17(20)19(21)15-10-4-9-14-13(15)8-5-11-16(14)22-12-6-2-1-3-7-12/h1-3,5-8,11,15,21H,4,9-10H2,(H2,18,20)/t15-/m0/s1. The maximum atomic E-state index is 11.3. The number of fused-ring (bicyclic) bond motifs is 1. The minimum absolute atomic E-state index is 0.416. The van der Waals surface area contributed by atoms with Crippen molar-refractivity contribution in [2.45, 2.75) is 25.3 Å². The Kier molecular flexibility index (Phi) is 3.98. The molecular weight excluding hydrogens is 280 g/mol. The lowest BCUT2D eigenvalue weighted by Gasteiger charge is -2.31. The number of hydrogen-bond donors (Lipinski definition) is 2. The van der Waals surface area contributed by atoms with Gasteiger partial charge in [-0.2, -0.15) is 5.06 Å². The zero-order valence-electron chi connectivity index (χ0n) is 12.1. The van der Waals surface area contributed by atoms with Crippen molar-refractivity contribution >= 4 is 6.03 Å². The van der Waals surface area contributed by atoms with Crippen molar-refractivity contribution in [2.75, 3.05) is 0 Å². The number of carbonyl (C=O) groups excluding carboxylic acids is 1. The summed E-state index contributed by atoms with van der Waals surface area (Å²) in [7, 11) is 0. The molecule has 0 radical (unpaired) electrons. The minimum Gasteiger partial charge on any atom is -0.457 e. The molecule has 1 aliphatic rings. The van der Waals surface area contributed by atoms with E-state index in [1.807, 2.05) is 48.5 Å². The van der Waals surface area contributed by atoms with E-state index in [0.717, 1.165) is 35.5 Å². The summed E-state index contributed by atoms with van der Waals surface area (Å²) in [6, 6.07) is 14.0. The fraction of sp³-hybridized carbons (Fsp3) is 0.235. The second kappa shape index (κ2) is 6.07. The van der Waals surface area contributed by atoms with Crippen molar-refractivity contribution in [3.63, 3.8) is 0 Å². The van der Waals surface area contributed by atoms with Crippen LogP contribution in [-0.4, -0.2) is 16.3 Å². The molecular formula is C17H18N2O3. The minimum atomic E-state index is -0.841. The van der Waals surface area contributed by atoms with Gasteiger partial charge in [-0.05, 0) is 43.0 Å². The number of hydrogen-bond acceptors (Lipinski definition) is 3. The number of ether oxygens (including phenoxy) is 1. The Labute approximate surface area is 128 Å². The molecule has 2 aromatic rings. The summed E-state index contributed by atoms with van der Waals surface area (Å²) in [6.07, 6.45) is 2.39. The number of urea groups is 1. The van der Waals surface area contributed by atoms with Gasteiger partial charge in [0.05, 0.1) is 6.04 Å². The zero-order chi connectivity index (χ0) is 15.5. The second-order valence-corrected chi connectivity index (χ2v) is 5.33. The molecule has 0 aromatic heterocycles. The maximum absolute atomic E-state index is 11.3. The summed E-state index contributed by atoms with van der Waals surface area (Å²) in [6.45, 7) is 0. The first kappa shape index (κ1) is 14.4. The Morgan fingerprint density at radius 3 is 2.68 bits per heavy atom. The van der Waals surface area contributed by atoms with Gasteiger partial charge in [0.1, 0.15) is 11.5 Å². The van der Waals surface area contributed by atoms with E-state index in [4.69, 9.17) is 10.5 Å². The van der Waals surface area contributed by atoms with Crippen LogP contribution < -0.4 is 10.5 Å². The Morgan fingerprint density at radius 1 is 1.18 bits per heavy atom. The number of amides is 2. The Bertz CT molecular complexity index is 673. The third-order valence-electron chi connectivity index (χ3n) is 3.92. The molecule has 2 amide bonds. The summed E-state index contributed by atoms with van der Waals surface area (Å²) in [4.78, 5) is 11.3. The molecule has 3 rings (SSSR count). The van der Waals surface area contributed by atoms with Crippen molar-refractivity contribution in [3.8, 4) is 11.5 Å². The number of rotatable bonds is 3. The van der Waals surface area contributed by atoms with Gasteiger partial charge in [0.25, 0.3) is 0 Å². The molecule has 1 aliphatic carbocycles. The highest BCUT2D eigenvalue weighted by molar-refractivity contribution is 5.71. The lowest BCUT2D eigenvalue weighted by Crippen LogP contribution is -2.37. The summed E-state index contributed by atoms with van der Waals surface area (Å²) in [5, 5.41) is 10.5.